The maximum atomic E-state index is 13.2. The molecule has 0 bridgehead atoms. The summed E-state index contributed by atoms with van der Waals surface area (Å²) in [7, 11) is -3.79. The molecule has 31 heavy (non-hydrogen) atoms. The molecule has 2 heterocycles. The summed E-state index contributed by atoms with van der Waals surface area (Å²) in [6.07, 6.45) is 3.69. The van der Waals surface area contributed by atoms with Crippen molar-refractivity contribution in [1.29, 1.82) is 0 Å². The molecular weight excluding hydrogens is 436 g/mol. The Morgan fingerprint density at radius 2 is 1.94 bits per heavy atom. The molecule has 1 amide bonds. The second-order valence-electron chi connectivity index (χ2n) is 7.86. The molecule has 1 N–H and O–H groups in total. The first kappa shape index (κ1) is 22.0. The quantitative estimate of drug-likeness (QED) is 0.663. The van der Waals surface area contributed by atoms with Gasteiger partial charge in [0.15, 0.2) is 0 Å². The van der Waals surface area contributed by atoms with E-state index in [0.717, 1.165) is 35.3 Å². The minimum Gasteiger partial charge on any atom is -0.462 e. The molecule has 1 aliphatic heterocycles. The van der Waals surface area contributed by atoms with Crippen molar-refractivity contribution in [1.82, 2.24) is 4.31 Å². The summed E-state index contributed by atoms with van der Waals surface area (Å²) >= 11 is 1.40. The van der Waals surface area contributed by atoms with Crippen LogP contribution in [-0.2, 0) is 32.4 Å². The molecule has 1 atom stereocenters. The highest BCUT2D eigenvalue weighted by atomic mass is 32.2. The average molecular weight is 463 g/mol. The number of hydrogen-bond acceptors (Lipinski definition) is 6. The third-order valence-corrected chi connectivity index (χ3v) is 8.90. The molecule has 1 aliphatic carbocycles. The van der Waals surface area contributed by atoms with Gasteiger partial charge in [0.05, 0.1) is 17.1 Å². The molecule has 2 aromatic rings. The van der Waals surface area contributed by atoms with Gasteiger partial charge in [-0.3, -0.25) is 4.79 Å². The van der Waals surface area contributed by atoms with Crippen molar-refractivity contribution < 1.29 is 22.7 Å². The molecule has 0 spiro atoms. The number of carbonyl (C=O) groups is 2. The second kappa shape index (κ2) is 8.72. The lowest BCUT2D eigenvalue weighted by atomic mass is 10.1. The number of amides is 1. The number of rotatable bonds is 6. The predicted octanol–water partition coefficient (Wildman–Crippen LogP) is 3.51. The van der Waals surface area contributed by atoms with Crippen LogP contribution in [0.4, 0.5) is 5.00 Å². The molecule has 1 aromatic heterocycles. The van der Waals surface area contributed by atoms with Crippen molar-refractivity contribution in [2.24, 2.45) is 0 Å². The van der Waals surface area contributed by atoms with Gasteiger partial charge in [0.1, 0.15) is 11.0 Å². The lowest BCUT2D eigenvalue weighted by Gasteiger charge is -2.23. The minimum atomic E-state index is -3.79. The maximum Gasteiger partial charge on any atom is 0.341 e. The lowest BCUT2D eigenvalue weighted by molar-refractivity contribution is -0.119. The highest BCUT2D eigenvalue weighted by Gasteiger charge is 2.40. The average Bonchev–Trinajstić information content (AvgIpc) is 3.44. The molecule has 7 nitrogen and oxygen atoms in total. The van der Waals surface area contributed by atoms with Crippen molar-refractivity contribution in [3.8, 4) is 0 Å². The highest BCUT2D eigenvalue weighted by Crippen LogP contribution is 2.40. The van der Waals surface area contributed by atoms with Crippen LogP contribution in [0.5, 0.6) is 0 Å². The summed E-state index contributed by atoms with van der Waals surface area (Å²) in [6.45, 7) is 4.18. The van der Waals surface area contributed by atoms with Gasteiger partial charge in [0.25, 0.3) is 0 Å². The van der Waals surface area contributed by atoms with Crippen LogP contribution in [0.15, 0.2) is 29.2 Å². The Hall–Kier alpha value is -2.23. The van der Waals surface area contributed by atoms with Crippen LogP contribution in [0, 0.1) is 6.92 Å². The van der Waals surface area contributed by atoms with E-state index in [2.05, 4.69) is 5.32 Å². The number of aryl methyl sites for hydroxylation is 2. The predicted molar refractivity (Wildman–Crippen MR) is 119 cm³/mol. The summed E-state index contributed by atoms with van der Waals surface area (Å²) in [5.74, 6) is -0.841. The fourth-order valence-electron chi connectivity index (χ4n) is 4.24. The Labute approximate surface area is 186 Å². The van der Waals surface area contributed by atoms with Crippen LogP contribution >= 0.6 is 11.3 Å². The van der Waals surface area contributed by atoms with E-state index in [0.29, 0.717) is 30.0 Å². The molecular formula is C22H26N2O5S2. The van der Waals surface area contributed by atoms with Gasteiger partial charge < -0.3 is 10.1 Å². The molecule has 9 heteroatoms. The number of ether oxygens (including phenoxy) is 1. The monoisotopic (exact) mass is 462 g/mol. The Balaban J connectivity index is 1.59. The number of fused-ring (bicyclic) bond motifs is 1. The van der Waals surface area contributed by atoms with Crippen LogP contribution in [0.1, 0.15) is 52.5 Å². The number of benzene rings is 1. The summed E-state index contributed by atoms with van der Waals surface area (Å²) in [4.78, 5) is 27.0. The first-order valence-electron chi connectivity index (χ1n) is 10.5. The van der Waals surface area contributed by atoms with Crippen molar-refractivity contribution in [3.05, 3.63) is 45.8 Å². The van der Waals surface area contributed by atoms with Gasteiger partial charge in [-0.1, -0.05) is 17.7 Å². The molecule has 1 aromatic carbocycles. The van der Waals surface area contributed by atoms with Gasteiger partial charge >= 0.3 is 5.97 Å². The van der Waals surface area contributed by atoms with E-state index in [-0.39, 0.29) is 11.5 Å². The molecule has 1 fully saturated rings. The highest BCUT2D eigenvalue weighted by molar-refractivity contribution is 7.89. The number of anilines is 1. The standard InChI is InChI=1S/C22H26N2O5S2/c1-3-29-22(26)19-16-6-4-8-18(16)30-21(19)23-20(25)17-7-5-13-24(17)31(27,28)15-11-9-14(2)10-12-15/h9-12,17H,3-8,13H2,1-2H3,(H,23,25)/t17-/m1/s1. The first-order valence-corrected chi connectivity index (χ1v) is 12.8. The Bertz CT molecular complexity index is 1110. The summed E-state index contributed by atoms with van der Waals surface area (Å²) in [6, 6.07) is 5.83. The van der Waals surface area contributed by atoms with Gasteiger partial charge in [-0.2, -0.15) is 4.31 Å². The SMILES string of the molecule is CCOC(=O)c1c(NC(=O)[C@H]2CCCN2S(=O)(=O)c2ccc(C)cc2)sc2c1CCC2. The second-order valence-corrected chi connectivity index (χ2v) is 10.9. The zero-order valence-corrected chi connectivity index (χ0v) is 19.3. The zero-order valence-electron chi connectivity index (χ0n) is 17.6. The van der Waals surface area contributed by atoms with Gasteiger partial charge in [-0.05, 0) is 63.6 Å². The van der Waals surface area contributed by atoms with E-state index < -0.39 is 27.9 Å². The number of thiophene rings is 1. The number of sulfonamides is 1. The van der Waals surface area contributed by atoms with Gasteiger partial charge in [0, 0.05) is 11.4 Å². The summed E-state index contributed by atoms with van der Waals surface area (Å²) in [5.41, 5.74) is 2.35. The number of nitrogens with zero attached hydrogens (tertiary/aromatic N) is 1. The third-order valence-electron chi connectivity index (χ3n) is 5.77. The molecule has 2 aliphatic rings. The summed E-state index contributed by atoms with van der Waals surface area (Å²) < 4.78 is 32.8. The van der Waals surface area contributed by atoms with Crippen LogP contribution < -0.4 is 5.32 Å². The minimum absolute atomic E-state index is 0.181. The largest absolute Gasteiger partial charge is 0.462 e. The third kappa shape index (κ3) is 4.14. The zero-order chi connectivity index (χ0) is 22.2. The fraction of sp³-hybridized carbons (Fsp3) is 0.455. The van der Waals surface area contributed by atoms with Gasteiger partial charge in [-0.15, -0.1) is 11.3 Å². The van der Waals surface area contributed by atoms with Gasteiger partial charge in [-0.25, -0.2) is 13.2 Å². The molecule has 0 saturated carbocycles. The molecule has 0 unspecified atom stereocenters. The van der Waals surface area contributed by atoms with E-state index in [1.807, 2.05) is 6.92 Å². The van der Waals surface area contributed by atoms with Crippen molar-refractivity contribution in [3.63, 3.8) is 0 Å². The van der Waals surface area contributed by atoms with Crippen molar-refractivity contribution >= 4 is 38.2 Å². The molecule has 166 valence electrons. The van der Waals surface area contributed by atoms with E-state index in [9.17, 15) is 18.0 Å². The summed E-state index contributed by atoms with van der Waals surface area (Å²) in [5, 5.41) is 3.32. The number of hydrogen-bond donors (Lipinski definition) is 1. The topological polar surface area (TPSA) is 92.8 Å². The molecule has 4 rings (SSSR count). The van der Waals surface area contributed by atoms with Crippen LogP contribution in [0.2, 0.25) is 0 Å². The first-order chi connectivity index (χ1) is 14.8. The van der Waals surface area contributed by atoms with Crippen LogP contribution in [0.3, 0.4) is 0 Å². The fourth-order valence-corrected chi connectivity index (χ4v) is 7.18. The Kier molecular flexibility index (Phi) is 6.18. The number of carbonyl (C=O) groups excluding carboxylic acids is 2. The van der Waals surface area contributed by atoms with Crippen LogP contribution in [0.25, 0.3) is 0 Å². The van der Waals surface area contributed by atoms with E-state index in [4.69, 9.17) is 4.74 Å². The van der Waals surface area contributed by atoms with Crippen LogP contribution in [-0.4, -0.2) is 43.8 Å². The van der Waals surface area contributed by atoms with E-state index in [1.165, 1.54) is 15.6 Å². The Morgan fingerprint density at radius 1 is 1.19 bits per heavy atom. The van der Waals surface area contributed by atoms with Crippen molar-refractivity contribution in [2.75, 3.05) is 18.5 Å². The number of esters is 1. The van der Waals surface area contributed by atoms with Gasteiger partial charge in [0.2, 0.25) is 15.9 Å². The number of nitrogens with one attached hydrogen (secondary N) is 1. The van der Waals surface area contributed by atoms with E-state index >= 15 is 0 Å². The normalized spacial score (nSPS) is 18.7. The van der Waals surface area contributed by atoms with Crippen molar-refractivity contribution in [2.45, 2.75) is 56.9 Å². The molecule has 0 radical (unpaired) electrons. The Morgan fingerprint density at radius 3 is 2.65 bits per heavy atom. The maximum absolute atomic E-state index is 13.2. The van der Waals surface area contributed by atoms with E-state index in [1.54, 1.807) is 31.2 Å². The molecule has 1 saturated heterocycles. The smallest absolute Gasteiger partial charge is 0.341 e. The lowest BCUT2D eigenvalue weighted by Crippen LogP contribution is -2.43.